The molecule has 1 aliphatic heterocycles. The molecular weight excluding hydrogens is 361 g/mol. The van der Waals surface area contributed by atoms with Gasteiger partial charge in [-0.3, -0.25) is 9.59 Å². The van der Waals surface area contributed by atoms with Gasteiger partial charge in [0.25, 0.3) is 0 Å². The standard InChI is InChI=1S/C18H26ClN3O2.ClH/c1-12(14-5-3-7-21-11-14)8-18(24)22-16(10-17(20)23)13-4-2-6-15(19)9-13;/h2,4,6,9,12,14,16,21H,3,5,7-8,10-11H2,1H3,(H2,20,23)(H,22,24);1H/t12?,14?,16-;/m1./s1. The molecule has 1 heterocycles. The van der Waals surface area contributed by atoms with E-state index in [1.54, 1.807) is 18.2 Å². The van der Waals surface area contributed by atoms with E-state index in [2.05, 4.69) is 17.6 Å². The van der Waals surface area contributed by atoms with Crippen molar-refractivity contribution in [1.29, 1.82) is 0 Å². The van der Waals surface area contributed by atoms with Gasteiger partial charge < -0.3 is 16.4 Å². The number of rotatable bonds is 7. The molecule has 1 fully saturated rings. The third-order valence-electron chi connectivity index (χ3n) is 4.64. The van der Waals surface area contributed by atoms with Crippen LogP contribution in [-0.4, -0.2) is 24.9 Å². The Kier molecular flexibility index (Phi) is 9.25. The summed E-state index contributed by atoms with van der Waals surface area (Å²) in [6.45, 7) is 4.14. The molecule has 1 aromatic carbocycles. The molecule has 1 aromatic rings. The van der Waals surface area contributed by atoms with Crippen molar-refractivity contribution in [2.45, 2.75) is 38.6 Å². The van der Waals surface area contributed by atoms with Gasteiger partial charge in [0.2, 0.25) is 11.8 Å². The lowest BCUT2D eigenvalue weighted by molar-refractivity contribution is -0.123. The van der Waals surface area contributed by atoms with Gasteiger partial charge in [-0.25, -0.2) is 0 Å². The molecule has 0 aromatic heterocycles. The van der Waals surface area contributed by atoms with Gasteiger partial charge in [-0.15, -0.1) is 12.4 Å². The molecular formula is C18H27Cl2N3O2. The molecule has 4 N–H and O–H groups in total. The number of benzene rings is 1. The summed E-state index contributed by atoms with van der Waals surface area (Å²) in [7, 11) is 0. The lowest BCUT2D eigenvalue weighted by Crippen LogP contribution is -2.37. The Bertz CT molecular complexity index is 577. The summed E-state index contributed by atoms with van der Waals surface area (Å²) < 4.78 is 0. The van der Waals surface area contributed by atoms with Crippen LogP contribution in [0.15, 0.2) is 24.3 Å². The first-order valence-corrected chi connectivity index (χ1v) is 8.87. The zero-order chi connectivity index (χ0) is 17.5. The quantitative estimate of drug-likeness (QED) is 0.672. The molecule has 1 saturated heterocycles. The van der Waals surface area contributed by atoms with Crippen LogP contribution in [0.25, 0.3) is 0 Å². The second-order valence-corrected chi connectivity index (χ2v) is 7.07. The zero-order valence-corrected chi connectivity index (χ0v) is 16.0. The van der Waals surface area contributed by atoms with Crippen molar-refractivity contribution in [1.82, 2.24) is 10.6 Å². The maximum Gasteiger partial charge on any atom is 0.220 e. The molecule has 0 bridgehead atoms. The van der Waals surface area contributed by atoms with Gasteiger partial charge in [-0.1, -0.05) is 30.7 Å². The van der Waals surface area contributed by atoms with Crippen LogP contribution < -0.4 is 16.4 Å². The van der Waals surface area contributed by atoms with Crippen molar-refractivity contribution < 1.29 is 9.59 Å². The minimum Gasteiger partial charge on any atom is -0.370 e. The maximum absolute atomic E-state index is 12.4. The summed E-state index contributed by atoms with van der Waals surface area (Å²) in [5.41, 5.74) is 6.12. The lowest BCUT2D eigenvalue weighted by Gasteiger charge is -2.28. The Labute approximate surface area is 160 Å². The van der Waals surface area contributed by atoms with Crippen LogP contribution >= 0.6 is 24.0 Å². The number of hydrogen-bond donors (Lipinski definition) is 3. The highest BCUT2D eigenvalue weighted by Gasteiger charge is 2.24. The number of amides is 2. The lowest BCUT2D eigenvalue weighted by atomic mass is 9.85. The summed E-state index contributed by atoms with van der Waals surface area (Å²) in [4.78, 5) is 23.8. The number of primary amides is 1. The normalized spacial score (nSPS) is 19.4. The summed E-state index contributed by atoms with van der Waals surface area (Å²) in [6.07, 6.45) is 2.82. The van der Waals surface area contributed by atoms with E-state index in [0.717, 1.165) is 31.5 Å². The molecule has 2 rings (SSSR count). The topological polar surface area (TPSA) is 84.2 Å². The van der Waals surface area contributed by atoms with Gasteiger partial charge in [0.1, 0.15) is 0 Å². The van der Waals surface area contributed by atoms with Crippen LogP contribution in [0.4, 0.5) is 0 Å². The number of nitrogens with one attached hydrogen (secondary N) is 2. The molecule has 2 unspecified atom stereocenters. The smallest absolute Gasteiger partial charge is 0.220 e. The molecule has 2 amide bonds. The molecule has 0 saturated carbocycles. The van der Waals surface area contributed by atoms with Crippen LogP contribution in [-0.2, 0) is 9.59 Å². The number of carbonyl (C=O) groups excluding carboxylic acids is 2. The molecule has 25 heavy (non-hydrogen) atoms. The van der Waals surface area contributed by atoms with E-state index >= 15 is 0 Å². The molecule has 0 spiro atoms. The highest BCUT2D eigenvalue weighted by molar-refractivity contribution is 6.30. The average Bonchev–Trinajstić information content (AvgIpc) is 2.54. The minimum atomic E-state index is -0.454. The van der Waals surface area contributed by atoms with Crippen molar-refractivity contribution in [3.8, 4) is 0 Å². The van der Waals surface area contributed by atoms with Crippen molar-refractivity contribution in [2.24, 2.45) is 17.6 Å². The van der Waals surface area contributed by atoms with Crippen molar-refractivity contribution >= 4 is 35.8 Å². The van der Waals surface area contributed by atoms with E-state index in [-0.39, 0.29) is 24.7 Å². The second-order valence-electron chi connectivity index (χ2n) is 6.63. The molecule has 0 aliphatic carbocycles. The zero-order valence-electron chi connectivity index (χ0n) is 14.5. The van der Waals surface area contributed by atoms with Crippen LogP contribution in [0.3, 0.4) is 0 Å². The third kappa shape index (κ3) is 7.22. The van der Waals surface area contributed by atoms with Crippen LogP contribution in [0, 0.1) is 11.8 Å². The first-order chi connectivity index (χ1) is 11.5. The Morgan fingerprint density at radius 2 is 2.16 bits per heavy atom. The van der Waals surface area contributed by atoms with Crippen molar-refractivity contribution in [3.63, 3.8) is 0 Å². The molecule has 3 atom stereocenters. The molecule has 0 radical (unpaired) electrons. The number of carbonyl (C=O) groups is 2. The van der Waals surface area contributed by atoms with Crippen LogP contribution in [0.5, 0.6) is 0 Å². The third-order valence-corrected chi connectivity index (χ3v) is 4.87. The molecule has 140 valence electrons. The van der Waals surface area contributed by atoms with Crippen LogP contribution in [0.1, 0.15) is 44.2 Å². The van der Waals surface area contributed by atoms with E-state index in [4.69, 9.17) is 17.3 Å². The summed E-state index contributed by atoms with van der Waals surface area (Å²) in [5.74, 6) is 0.306. The predicted octanol–water partition coefficient (Wildman–Crippen LogP) is 2.82. The fourth-order valence-corrected chi connectivity index (χ4v) is 3.45. The molecule has 7 heteroatoms. The summed E-state index contributed by atoms with van der Waals surface area (Å²) in [6, 6.07) is 6.71. The van der Waals surface area contributed by atoms with E-state index in [0.29, 0.717) is 23.3 Å². The number of halogens is 2. The van der Waals surface area contributed by atoms with Gasteiger partial charge in [0.15, 0.2) is 0 Å². The van der Waals surface area contributed by atoms with Crippen molar-refractivity contribution in [2.75, 3.05) is 13.1 Å². The average molecular weight is 388 g/mol. The van der Waals surface area contributed by atoms with E-state index in [9.17, 15) is 9.59 Å². The summed E-state index contributed by atoms with van der Waals surface area (Å²) >= 11 is 6.01. The van der Waals surface area contributed by atoms with E-state index in [1.165, 1.54) is 0 Å². The number of nitrogens with two attached hydrogens (primary N) is 1. The maximum atomic E-state index is 12.4. The summed E-state index contributed by atoms with van der Waals surface area (Å²) in [5, 5.41) is 6.89. The second kappa shape index (κ2) is 10.6. The SMILES string of the molecule is CC(CC(=O)N[C@H](CC(N)=O)c1cccc(Cl)c1)C1CCCNC1.Cl. The highest BCUT2D eigenvalue weighted by atomic mass is 35.5. The predicted molar refractivity (Wildman–Crippen MR) is 103 cm³/mol. The Hall–Kier alpha value is -1.30. The fraction of sp³-hybridized carbons (Fsp3) is 0.556. The number of hydrogen-bond acceptors (Lipinski definition) is 3. The fourth-order valence-electron chi connectivity index (χ4n) is 3.25. The molecule has 5 nitrogen and oxygen atoms in total. The first-order valence-electron chi connectivity index (χ1n) is 8.49. The number of piperidine rings is 1. The monoisotopic (exact) mass is 387 g/mol. The molecule has 1 aliphatic rings. The van der Waals surface area contributed by atoms with Crippen molar-refractivity contribution in [3.05, 3.63) is 34.9 Å². The van der Waals surface area contributed by atoms with Gasteiger partial charge in [-0.05, 0) is 55.5 Å². The Balaban J connectivity index is 0.00000312. The van der Waals surface area contributed by atoms with E-state index in [1.807, 2.05) is 6.07 Å². The van der Waals surface area contributed by atoms with Gasteiger partial charge in [0, 0.05) is 11.4 Å². The van der Waals surface area contributed by atoms with Gasteiger partial charge >= 0.3 is 0 Å². The largest absolute Gasteiger partial charge is 0.370 e. The van der Waals surface area contributed by atoms with Gasteiger partial charge in [-0.2, -0.15) is 0 Å². The first kappa shape index (κ1) is 21.7. The van der Waals surface area contributed by atoms with E-state index < -0.39 is 11.9 Å². The van der Waals surface area contributed by atoms with Crippen LogP contribution in [0.2, 0.25) is 5.02 Å². The Morgan fingerprint density at radius 1 is 1.40 bits per heavy atom. The minimum absolute atomic E-state index is 0. The highest BCUT2D eigenvalue weighted by Crippen LogP contribution is 2.24. The Morgan fingerprint density at radius 3 is 2.76 bits per heavy atom. The van der Waals surface area contributed by atoms with Gasteiger partial charge in [0.05, 0.1) is 12.5 Å².